The van der Waals surface area contributed by atoms with Crippen molar-refractivity contribution in [3.05, 3.63) is 95.6 Å². The lowest BCUT2D eigenvalue weighted by Gasteiger charge is -2.44. The van der Waals surface area contributed by atoms with Crippen LogP contribution >= 0.6 is 8.38 Å². The quantitative estimate of drug-likeness (QED) is 0.0241. The molecule has 0 spiro atoms. The second kappa shape index (κ2) is 31.1. The Morgan fingerprint density at radius 3 is 1.96 bits per heavy atom. The van der Waals surface area contributed by atoms with E-state index in [2.05, 4.69) is 16.7 Å². The first-order valence-electron chi connectivity index (χ1n) is 25.5. The fourth-order valence-electron chi connectivity index (χ4n) is 9.23. The molecule has 0 aliphatic carbocycles. The number of nitriles is 1. The zero-order valence-corrected chi connectivity index (χ0v) is 45.4. The summed E-state index contributed by atoms with van der Waals surface area (Å²) < 4.78 is 58.6. The summed E-state index contributed by atoms with van der Waals surface area (Å²) in [7, 11) is 1.93. The lowest BCUT2D eigenvalue weighted by atomic mass is 9.80. The molecule has 2 aliphatic heterocycles. The number of methoxy groups -OCH3 is 2. The first kappa shape index (κ1) is 60.7. The predicted octanol–water partition coefficient (Wildman–Crippen LogP) is 6.39. The molecule has 76 heavy (non-hydrogen) atoms. The van der Waals surface area contributed by atoms with E-state index >= 15 is 0 Å². The van der Waals surface area contributed by atoms with Gasteiger partial charge in [0, 0.05) is 66.9 Å². The Hall–Kier alpha value is -6.20. The minimum Gasteiger partial charge on any atom is -0.497 e. The van der Waals surface area contributed by atoms with Gasteiger partial charge >= 0.3 is 17.9 Å². The third-order valence-electron chi connectivity index (χ3n) is 12.7. The average Bonchev–Trinajstić information content (AvgIpc) is 3.81. The first-order valence-corrected chi connectivity index (χ1v) is 27.2. The summed E-state index contributed by atoms with van der Waals surface area (Å²) in [6.07, 6.45) is -1.05. The van der Waals surface area contributed by atoms with Gasteiger partial charge in [0.2, 0.25) is 17.7 Å². The second-order valence-electron chi connectivity index (χ2n) is 18.4. The Kier molecular flexibility index (Phi) is 24.8. The molecule has 5 rings (SSSR count). The number of hydrogen-bond acceptors (Lipinski definition) is 17. The van der Waals surface area contributed by atoms with Crippen molar-refractivity contribution >= 4 is 44.0 Å². The van der Waals surface area contributed by atoms with Crippen molar-refractivity contribution in [3.63, 3.8) is 0 Å². The van der Waals surface area contributed by atoms with Gasteiger partial charge in [0.05, 0.1) is 52.1 Å². The molecular formula is C55H73N4O16P. The normalized spacial score (nSPS) is 20.6. The third-order valence-corrected chi connectivity index (χ3v) is 13.8. The van der Waals surface area contributed by atoms with Gasteiger partial charge in [0.25, 0.3) is 0 Å². The fraction of sp³-hybridized carbons (Fsp3) is 0.545. The minimum absolute atomic E-state index is 0.0379. The summed E-state index contributed by atoms with van der Waals surface area (Å²) in [6.45, 7) is 7.54. The topological polar surface area (TPSA) is 246 Å². The van der Waals surface area contributed by atoms with Gasteiger partial charge in [-0.05, 0) is 73.1 Å². The summed E-state index contributed by atoms with van der Waals surface area (Å²) in [5.41, 5.74) is 1.52. The molecule has 3 amide bonds. The molecule has 0 radical (unpaired) electrons. The van der Waals surface area contributed by atoms with Crippen LogP contribution in [0.15, 0.2) is 78.9 Å². The Labute approximate surface area is 446 Å². The van der Waals surface area contributed by atoms with E-state index in [1.54, 1.807) is 14.2 Å². The van der Waals surface area contributed by atoms with E-state index in [-0.39, 0.29) is 69.7 Å². The van der Waals surface area contributed by atoms with Crippen molar-refractivity contribution in [2.24, 2.45) is 0 Å². The zero-order chi connectivity index (χ0) is 55.0. The monoisotopic (exact) mass is 1080 g/mol. The summed E-state index contributed by atoms with van der Waals surface area (Å²) >= 11 is 0. The van der Waals surface area contributed by atoms with Gasteiger partial charge < -0.3 is 62.5 Å². The number of likely N-dealkylation sites (tertiary alicyclic amines) is 1. The molecule has 21 heteroatoms. The number of amides is 3. The number of hydrogen-bond donors (Lipinski definition) is 2. The molecule has 3 aromatic rings. The summed E-state index contributed by atoms with van der Waals surface area (Å²) in [6, 6.07) is 26.2. The maximum absolute atomic E-state index is 14.2. The highest BCUT2D eigenvalue weighted by molar-refractivity contribution is 7.46. The smallest absolute Gasteiger partial charge is 0.303 e. The highest BCUT2D eigenvalue weighted by atomic mass is 31.2. The lowest BCUT2D eigenvalue weighted by molar-refractivity contribution is -0.277. The zero-order valence-electron chi connectivity index (χ0n) is 44.5. The number of carbonyl (C=O) groups excluding carboxylic acids is 6. The van der Waals surface area contributed by atoms with Crippen LogP contribution in [-0.2, 0) is 71.8 Å². The van der Waals surface area contributed by atoms with Crippen LogP contribution in [0.25, 0.3) is 0 Å². The Morgan fingerprint density at radius 1 is 0.750 bits per heavy atom. The van der Waals surface area contributed by atoms with Crippen LogP contribution in [0.4, 0.5) is 0 Å². The fourth-order valence-corrected chi connectivity index (χ4v) is 10.2. The number of esters is 3. The molecule has 8 atom stereocenters. The number of unbranched alkanes of at least 4 members (excludes halogenated alkanes) is 3. The van der Waals surface area contributed by atoms with Gasteiger partial charge in [0.15, 0.2) is 26.9 Å². The van der Waals surface area contributed by atoms with Crippen LogP contribution in [0.2, 0.25) is 0 Å². The summed E-state index contributed by atoms with van der Waals surface area (Å²) in [4.78, 5) is 77.0. The van der Waals surface area contributed by atoms with Crippen LogP contribution in [0, 0.1) is 11.3 Å². The van der Waals surface area contributed by atoms with Crippen LogP contribution < -0.4 is 20.1 Å². The molecule has 6 unspecified atom stereocenters. The van der Waals surface area contributed by atoms with E-state index in [0.29, 0.717) is 63.1 Å². The van der Waals surface area contributed by atoms with E-state index in [1.807, 2.05) is 90.4 Å². The second-order valence-corrected chi connectivity index (χ2v) is 19.7. The predicted molar refractivity (Wildman–Crippen MR) is 278 cm³/mol. The molecule has 20 nitrogen and oxygen atoms in total. The highest BCUT2D eigenvalue weighted by Gasteiger charge is 2.51. The molecule has 2 saturated heterocycles. The molecule has 2 N–H and O–H groups in total. The van der Waals surface area contributed by atoms with Crippen molar-refractivity contribution in [2.45, 2.75) is 134 Å². The number of nitrogens with zero attached hydrogens (tertiary/aromatic N) is 2. The maximum Gasteiger partial charge on any atom is 0.303 e. The molecule has 0 aromatic heterocycles. The first-order chi connectivity index (χ1) is 36.6. The van der Waals surface area contributed by atoms with E-state index in [9.17, 15) is 28.8 Å². The van der Waals surface area contributed by atoms with Gasteiger partial charge in [-0.3, -0.25) is 28.8 Å². The number of benzene rings is 3. The Balaban J connectivity index is 1.16. The van der Waals surface area contributed by atoms with Gasteiger partial charge in [-0.15, -0.1) is 0 Å². The SMILES string of the molecule is COc1ccc(C(OC[C@@H]2C[C@@H](OP(C)OCCC#N)CN2C(=O)CCCCCNC(=O)CCCCOC2OC(COC(C)=O)C(OC(C)=O)C(OC(C)=O)C2NC(C)=O)(c2ccccc2)c2ccc(OC)cc2)cc1. The Morgan fingerprint density at radius 2 is 1.37 bits per heavy atom. The Bertz CT molecular complexity index is 2320. The van der Waals surface area contributed by atoms with Crippen molar-refractivity contribution in [1.82, 2.24) is 15.5 Å². The van der Waals surface area contributed by atoms with Crippen LogP contribution in [0.3, 0.4) is 0 Å². The van der Waals surface area contributed by atoms with Crippen LogP contribution in [0.5, 0.6) is 11.5 Å². The van der Waals surface area contributed by atoms with E-state index in [1.165, 1.54) is 13.8 Å². The third kappa shape index (κ3) is 18.2. The van der Waals surface area contributed by atoms with Crippen LogP contribution in [0.1, 0.15) is 102 Å². The summed E-state index contributed by atoms with van der Waals surface area (Å²) in [5.74, 6) is -1.35. The molecule has 3 aromatic carbocycles. The molecular weight excluding hydrogens is 1000 g/mol. The highest BCUT2D eigenvalue weighted by Crippen LogP contribution is 2.44. The van der Waals surface area contributed by atoms with E-state index in [4.69, 9.17) is 52.2 Å². The van der Waals surface area contributed by atoms with Crippen molar-refractivity contribution in [1.29, 1.82) is 5.26 Å². The molecule has 0 bridgehead atoms. The van der Waals surface area contributed by atoms with E-state index in [0.717, 1.165) is 30.5 Å². The average molecular weight is 1080 g/mol. The molecule has 0 saturated carbocycles. The van der Waals surface area contributed by atoms with Gasteiger partial charge in [-0.25, -0.2) is 0 Å². The number of ether oxygens (including phenoxy) is 8. The molecule has 2 fully saturated rings. The van der Waals surface area contributed by atoms with Crippen molar-refractivity contribution in [3.8, 4) is 17.6 Å². The largest absolute Gasteiger partial charge is 0.497 e. The van der Waals surface area contributed by atoms with Crippen molar-refractivity contribution in [2.75, 3.05) is 60.4 Å². The van der Waals surface area contributed by atoms with Crippen molar-refractivity contribution < 1.29 is 75.7 Å². The summed E-state index contributed by atoms with van der Waals surface area (Å²) in [5, 5.41) is 14.7. The molecule has 2 aliphatic rings. The van der Waals surface area contributed by atoms with Gasteiger partial charge in [0.1, 0.15) is 35.9 Å². The molecule has 414 valence electrons. The number of rotatable bonds is 30. The van der Waals surface area contributed by atoms with Crippen LogP contribution in [-0.4, -0.2) is 144 Å². The van der Waals surface area contributed by atoms with E-state index < -0.39 is 68.4 Å². The number of nitrogens with one attached hydrogen (secondary N) is 2. The molecule has 2 heterocycles. The number of carbonyl (C=O) groups is 6. The standard InChI is InChI=1S/C55H73N4O16P/c1-37(60)58-51-53(73-40(4)63)52(72-39(3)62)48(36-69-38(2)61)74-54(51)68-31-15-13-19-49(64)57-30-14-9-12-20-50(65)59-34-47(75-76(7)71-32-16-29-56)33-44(59)35-70-55(41-17-10-8-11-18-41,42-21-25-45(66-5)26-22-42)43-23-27-46(67-6)28-24-43/h8,10-11,17-18,21-28,44,47-48,51-54H,9,12-16,19-20,30-36H2,1-7H3,(H,57,64)(H,58,60)/t44-,47+,48?,51?,52?,53?,54?,76?/m0/s1. The lowest BCUT2D eigenvalue weighted by Crippen LogP contribution is -2.66. The minimum atomic E-state index is -1.31. The van der Waals surface area contributed by atoms with Gasteiger partial charge in [-0.2, -0.15) is 5.26 Å². The maximum atomic E-state index is 14.2. The van der Waals surface area contributed by atoms with Gasteiger partial charge in [-0.1, -0.05) is 61.0 Å².